The average Bonchev–Trinajstić information content (AvgIpc) is 2.48. The van der Waals surface area contributed by atoms with Gasteiger partial charge in [-0.3, -0.25) is 9.59 Å². The molecule has 2 rings (SSSR count). The van der Waals surface area contributed by atoms with Crippen molar-refractivity contribution in [2.75, 3.05) is 32.8 Å². The van der Waals surface area contributed by atoms with Crippen LogP contribution in [0.5, 0.6) is 0 Å². The summed E-state index contributed by atoms with van der Waals surface area (Å²) < 4.78 is 5.54. The van der Waals surface area contributed by atoms with Gasteiger partial charge in [0.25, 0.3) is 0 Å². The van der Waals surface area contributed by atoms with Crippen LogP contribution < -0.4 is 5.32 Å². The lowest BCUT2D eigenvalue weighted by Gasteiger charge is -2.35. The van der Waals surface area contributed by atoms with Crippen molar-refractivity contribution in [2.24, 2.45) is 5.92 Å². The van der Waals surface area contributed by atoms with Gasteiger partial charge in [-0.25, -0.2) is 0 Å². The Hall–Kier alpha value is -1.14. The van der Waals surface area contributed by atoms with E-state index in [0.717, 1.165) is 51.9 Å². The van der Waals surface area contributed by atoms with Crippen LogP contribution in [0.25, 0.3) is 0 Å². The van der Waals surface area contributed by atoms with E-state index in [1.54, 1.807) is 0 Å². The highest BCUT2D eigenvalue weighted by Gasteiger charge is 2.29. The van der Waals surface area contributed by atoms with E-state index in [9.17, 15) is 9.59 Å². The van der Waals surface area contributed by atoms with Crippen LogP contribution >= 0.6 is 0 Å². The molecule has 6 heteroatoms. The summed E-state index contributed by atoms with van der Waals surface area (Å²) in [6.07, 6.45) is 3.83. The minimum Gasteiger partial charge on any atom is -0.481 e. The molecule has 20 heavy (non-hydrogen) atoms. The largest absolute Gasteiger partial charge is 0.481 e. The number of carboxylic acid groups (broad SMARTS) is 1. The fourth-order valence-electron chi connectivity index (χ4n) is 2.88. The number of carbonyl (C=O) groups is 2. The van der Waals surface area contributed by atoms with Crippen LogP contribution in [0, 0.1) is 5.92 Å². The molecule has 1 amide bonds. The minimum absolute atomic E-state index is 0.0485. The number of carboxylic acids is 1. The van der Waals surface area contributed by atoms with Crippen molar-refractivity contribution in [3.8, 4) is 0 Å². The summed E-state index contributed by atoms with van der Waals surface area (Å²) in [5, 5.41) is 11.8. The third-order valence-electron chi connectivity index (χ3n) is 4.07. The maximum Gasteiger partial charge on any atom is 0.305 e. The number of nitrogens with one attached hydrogen (secondary N) is 1. The fourth-order valence-corrected chi connectivity index (χ4v) is 2.88. The first-order chi connectivity index (χ1) is 9.66. The third-order valence-corrected chi connectivity index (χ3v) is 4.07. The zero-order valence-corrected chi connectivity index (χ0v) is 11.8. The number of amides is 1. The van der Waals surface area contributed by atoms with Crippen LogP contribution in [-0.2, 0) is 14.3 Å². The number of rotatable bonds is 5. The number of likely N-dealkylation sites (tertiary alicyclic amines) is 1. The van der Waals surface area contributed by atoms with Crippen molar-refractivity contribution >= 4 is 11.9 Å². The molecule has 0 aromatic rings. The molecule has 0 aromatic carbocycles. The number of aliphatic carboxylic acids is 1. The summed E-state index contributed by atoms with van der Waals surface area (Å²) in [6.45, 7) is 3.54. The highest BCUT2D eigenvalue weighted by Crippen LogP contribution is 2.19. The zero-order valence-electron chi connectivity index (χ0n) is 11.8. The van der Waals surface area contributed by atoms with E-state index >= 15 is 0 Å². The molecule has 2 saturated heterocycles. The smallest absolute Gasteiger partial charge is 0.305 e. The van der Waals surface area contributed by atoms with E-state index in [0.29, 0.717) is 0 Å². The predicted octanol–water partition coefficient (Wildman–Crippen LogP) is 0.468. The van der Waals surface area contributed by atoms with Gasteiger partial charge in [0.1, 0.15) is 0 Å². The standard InChI is InChI=1S/C14H24N2O4/c17-13(18)5-9-20-12-3-7-16(8-4-12)14(19)11-2-1-6-15-10-11/h11-12,15H,1-10H2,(H,17,18)/t11-/m1/s1. The second kappa shape index (κ2) is 7.59. The van der Waals surface area contributed by atoms with Crippen LogP contribution in [0.3, 0.4) is 0 Å². The van der Waals surface area contributed by atoms with Gasteiger partial charge in [0.15, 0.2) is 0 Å². The number of piperidine rings is 2. The van der Waals surface area contributed by atoms with Gasteiger partial charge in [0.2, 0.25) is 5.91 Å². The fraction of sp³-hybridized carbons (Fsp3) is 0.857. The minimum atomic E-state index is -0.831. The molecule has 2 N–H and O–H groups in total. The Labute approximate surface area is 119 Å². The molecule has 0 radical (unpaired) electrons. The predicted molar refractivity (Wildman–Crippen MR) is 73.4 cm³/mol. The van der Waals surface area contributed by atoms with Gasteiger partial charge in [-0.1, -0.05) is 0 Å². The number of carbonyl (C=O) groups excluding carboxylic acids is 1. The Morgan fingerprint density at radius 3 is 2.60 bits per heavy atom. The first-order valence-electron chi connectivity index (χ1n) is 7.49. The zero-order chi connectivity index (χ0) is 14.4. The molecule has 0 aliphatic carbocycles. The monoisotopic (exact) mass is 284 g/mol. The van der Waals surface area contributed by atoms with Crippen LogP contribution in [-0.4, -0.2) is 60.8 Å². The Balaban J connectivity index is 1.68. The summed E-state index contributed by atoms with van der Waals surface area (Å²) in [4.78, 5) is 24.7. The van der Waals surface area contributed by atoms with Crippen LogP contribution in [0.2, 0.25) is 0 Å². The van der Waals surface area contributed by atoms with E-state index in [-0.39, 0.29) is 31.0 Å². The average molecular weight is 284 g/mol. The molecular formula is C14H24N2O4. The molecule has 0 saturated carbocycles. The normalized spacial score (nSPS) is 24.6. The molecule has 1 atom stereocenters. The molecule has 0 unspecified atom stereocenters. The quantitative estimate of drug-likeness (QED) is 0.767. The summed E-state index contributed by atoms with van der Waals surface area (Å²) in [7, 11) is 0. The Kier molecular flexibility index (Phi) is 5.79. The summed E-state index contributed by atoms with van der Waals surface area (Å²) in [5.74, 6) is -0.433. The Bertz CT molecular complexity index is 334. The lowest BCUT2D eigenvalue weighted by Crippen LogP contribution is -2.47. The van der Waals surface area contributed by atoms with Crippen molar-refractivity contribution in [1.82, 2.24) is 10.2 Å². The molecule has 2 aliphatic rings. The second-order valence-corrected chi connectivity index (χ2v) is 5.58. The van der Waals surface area contributed by atoms with E-state index in [1.807, 2.05) is 4.90 Å². The van der Waals surface area contributed by atoms with Crippen LogP contribution in [0.1, 0.15) is 32.1 Å². The van der Waals surface area contributed by atoms with Gasteiger partial charge >= 0.3 is 5.97 Å². The first-order valence-corrected chi connectivity index (χ1v) is 7.49. The second-order valence-electron chi connectivity index (χ2n) is 5.58. The third kappa shape index (κ3) is 4.45. The molecule has 6 nitrogen and oxygen atoms in total. The van der Waals surface area contributed by atoms with Crippen molar-refractivity contribution in [1.29, 1.82) is 0 Å². The first kappa shape index (κ1) is 15.3. The molecular weight excluding hydrogens is 260 g/mol. The van der Waals surface area contributed by atoms with Crippen molar-refractivity contribution in [3.05, 3.63) is 0 Å². The Morgan fingerprint density at radius 1 is 1.25 bits per heavy atom. The molecule has 2 aliphatic heterocycles. The number of ether oxygens (including phenoxy) is 1. The van der Waals surface area contributed by atoms with E-state index in [4.69, 9.17) is 9.84 Å². The molecule has 0 spiro atoms. The lowest BCUT2D eigenvalue weighted by atomic mass is 9.96. The topological polar surface area (TPSA) is 78.9 Å². The SMILES string of the molecule is O=C(O)CCOC1CCN(C(=O)[C@@H]2CCCNC2)CC1. The van der Waals surface area contributed by atoms with Gasteiger partial charge in [-0.15, -0.1) is 0 Å². The van der Waals surface area contributed by atoms with E-state index < -0.39 is 5.97 Å². The summed E-state index contributed by atoms with van der Waals surface area (Å²) in [5.41, 5.74) is 0. The summed E-state index contributed by atoms with van der Waals surface area (Å²) >= 11 is 0. The van der Waals surface area contributed by atoms with E-state index in [2.05, 4.69) is 5.32 Å². The molecule has 0 aromatic heterocycles. The van der Waals surface area contributed by atoms with Crippen molar-refractivity contribution in [2.45, 2.75) is 38.2 Å². The van der Waals surface area contributed by atoms with Crippen LogP contribution in [0.15, 0.2) is 0 Å². The van der Waals surface area contributed by atoms with Crippen LogP contribution in [0.4, 0.5) is 0 Å². The van der Waals surface area contributed by atoms with Gasteiger partial charge in [-0.2, -0.15) is 0 Å². The van der Waals surface area contributed by atoms with Gasteiger partial charge in [-0.05, 0) is 32.2 Å². The van der Waals surface area contributed by atoms with Crippen molar-refractivity contribution in [3.63, 3.8) is 0 Å². The number of nitrogens with zero attached hydrogens (tertiary/aromatic N) is 1. The number of hydrogen-bond donors (Lipinski definition) is 2. The van der Waals surface area contributed by atoms with Gasteiger partial charge in [0, 0.05) is 19.6 Å². The molecule has 2 heterocycles. The lowest BCUT2D eigenvalue weighted by molar-refractivity contribution is -0.140. The highest BCUT2D eigenvalue weighted by atomic mass is 16.5. The van der Waals surface area contributed by atoms with Crippen molar-refractivity contribution < 1.29 is 19.4 Å². The molecule has 0 bridgehead atoms. The maximum absolute atomic E-state index is 12.3. The molecule has 2 fully saturated rings. The highest BCUT2D eigenvalue weighted by molar-refractivity contribution is 5.79. The maximum atomic E-state index is 12.3. The van der Waals surface area contributed by atoms with Gasteiger partial charge < -0.3 is 20.1 Å². The Morgan fingerprint density at radius 2 is 2.00 bits per heavy atom. The summed E-state index contributed by atoms with van der Waals surface area (Å²) in [6, 6.07) is 0. The number of hydrogen-bond acceptors (Lipinski definition) is 4. The van der Waals surface area contributed by atoms with Gasteiger partial charge in [0.05, 0.1) is 25.0 Å². The van der Waals surface area contributed by atoms with E-state index in [1.165, 1.54) is 0 Å². The molecule has 114 valence electrons.